The van der Waals surface area contributed by atoms with Crippen molar-refractivity contribution in [2.75, 3.05) is 44.9 Å². The third-order valence-corrected chi connectivity index (χ3v) is 11.8. The minimum Gasteiger partial charge on any atom is -0.382 e. The Kier molecular flexibility index (Phi) is 9.80. The van der Waals surface area contributed by atoms with E-state index in [2.05, 4.69) is 22.5 Å². The fraction of sp³-hybridized carbons (Fsp3) is 0.719. The van der Waals surface area contributed by atoms with Gasteiger partial charge in [0.15, 0.2) is 5.82 Å². The van der Waals surface area contributed by atoms with Gasteiger partial charge in [0.2, 0.25) is 5.91 Å². The highest BCUT2D eigenvalue weighted by atomic mass is 32.2. The number of rotatable bonds is 10. The molecule has 3 fully saturated rings. The molecule has 3 aromatic heterocycles. The average molecular weight is 646 g/mol. The first-order valence-corrected chi connectivity index (χ1v) is 19.1. The van der Waals surface area contributed by atoms with Gasteiger partial charge in [-0.25, -0.2) is 9.97 Å². The van der Waals surface area contributed by atoms with Gasteiger partial charge in [-0.05, 0) is 81.6 Å². The van der Waals surface area contributed by atoms with Crippen molar-refractivity contribution in [2.45, 2.75) is 90.0 Å². The lowest BCUT2D eigenvalue weighted by Gasteiger charge is -2.36. The molecule has 6 rings (SSSR count). The number of thiophene rings is 1. The Morgan fingerprint density at radius 1 is 1.07 bits per heavy atom. The van der Waals surface area contributed by atoms with Crippen LogP contribution in [0, 0.1) is 17.8 Å². The summed E-state index contributed by atoms with van der Waals surface area (Å²) in [5.74, 6) is 3.09. The van der Waals surface area contributed by atoms with Crippen molar-refractivity contribution in [3.63, 3.8) is 0 Å². The fourth-order valence-electron chi connectivity index (χ4n) is 7.29. The number of fused-ring (bicyclic) bond motifs is 3. The van der Waals surface area contributed by atoms with Crippen LogP contribution in [0.4, 0.5) is 5.82 Å². The first-order chi connectivity index (χ1) is 21.2. The minimum atomic E-state index is -3.42. The molecule has 3 aliphatic rings. The normalized spacial score (nSPS) is 22.7. The summed E-state index contributed by atoms with van der Waals surface area (Å²) >= 11 is 1.84. The van der Waals surface area contributed by atoms with Gasteiger partial charge < -0.3 is 19.9 Å². The molecule has 0 unspecified atom stereocenters. The highest BCUT2D eigenvalue weighted by Gasteiger charge is 2.33. The van der Waals surface area contributed by atoms with Crippen LogP contribution < -0.4 is 5.73 Å². The van der Waals surface area contributed by atoms with Crippen molar-refractivity contribution >= 4 is 54.4 Å². The SMILES string of the molecule is CCCCc1nc2c(N)nc3cc(C4CCN(C(=O)C5CCC(COS(C)(=O)=O)CC5)CC4)sc3c2n1CC1CCOCC1. The number of imidazole rings is 1. The van der Waals surface area contributed by atoms with E-state index in [4.69, 9.17) is 24.6 Å². The molecular weight excluding hydrogens is 599 g/mol. The Hall–Kier alpha value is -2.28. The molecule has 0 aromatic carbocycles. The number of nitrogens with two attached hydrogens (primary N) is 1. The van der Waals surface area contributed by atoms with Crippen molar-refractivity contribution in [1.82, 2.24) is 19.4 Å². The molecule has 1 saturated carbocycles. The molecule has 0 atom stereocenters. The molecule has 1 amide bonds. The number of piperidine rings is 1. The molecule has 0 radical (unpaired) electrons. The number of carbonyl (C=O) groups is 1. The summed E-state index contributed by atoms with van der Waals surface area (Å²) in [6, 6.07) is 2.23. The number of anilines is 1. The number of likely N-dealkylation sites (tertiary alicyclic amines) is 1. The zero-order chi connectivity index (χ0) is 30.8. The Morgan fingerprint density at radius 3 is 2.48 bits per heavy atom. The summed E-state index contributed by atoms with van der Waals surface area (Å²) in [5.41, 5.74) is 9.48. The number of hydrogen-bond donors (Lipinski definition) is 1. The molecular formula is C32H47N5O5S2. The van der Waals surface area contributed by atoms with E-state index in [9.17, 15) is 13.2 Å². The van der Waals surface area contributed by atoms with E-state index in [1.165, 1.54) is 9.58 Å². The summed E-state index contributed by atoms with van der Waals surface area (Å²) in [7, 11) is -3.42. The van der Waals surface area contributed by atoms with Crippen LogP contribution in [0.5, 0.6) is 0 Å². The summed E-state index contributed by atoms with van der Waals surface area (Å²) in [6.45, 7) is 6.57. The highest BCUT2D eigenvalue weighted by Crippen LogP contribution is 2.41. The number of aromatic nitrogens is 3. The van der Waals surface area contributed by atoms with Gasteiger partial charge in [0.1, 0.15) is 11.3 Å². The lowest BCUT2D eigenvalue weighted by atomic mass is 9.81. The standard InChI is InChI=1S/C32H47N5O5S2/c1-3-4-5-27-35-28-29(37(27)19-21-12-16-41-17-13-21)30-25(34-31(28)33)18-26(43-30)23-10-14-36(15-11-23)32(38)24-8-6-22(7-9-24)20-42-44(2,39)40/h18,21-24H,3-17,19-20H2,1-2H3,(H2,33,34). The largest absolute Gasteiger partial charge is 0.382 e. The quantitative estimate of drug-likeness (QED) is 0.287. The van der Waals surface area contributed by atoms with Gasteiger partial charge in [0.05, 0.1) is 28.6 Å². The molecule has 2 N–H and O–H groups in total. The Balaban J connectivity index is 1.15. The Labute approximate surface area is 264 Å². The molecule has 44 heavy (non-hydrogen) atoms. The third-order valence-electron chi connectivity index (χ3n) is 9.94. The van der Waals surface area contributed by atoms with Crippen molar-refractivity contribution in [3.05, 3.63) is 16.8 Å². The van der Waals surface area contributed by atoms with Gasteiger partial charge in [0.25, 0.3) is 10.1 Å². The fourth-order valence-corrected chi connectivity index (χ4v) is 9.05. The maximum Gasteiger partial charge on any atom is 0.264 e. The third kappa shape index (κ3) is 7.08. The molecule has 1 aliphatic carbocycles. The molecule has 242 valence electrons. The van der Waals surface area contributed by atoms with Gasteiger partial charge in [0, 0.05) is 50.1 Å². The molecule has 10 nitrogen and oxygen atoms in total. The number of carbonyl (C=O) groups excluding carboxylic acids is 1. The Morgan fingerprint density at radius 2 is 1.80 bits per heavy atom. The molecule has 3 aromatic rings. The lowest BCUT2D eigenvalue weighted by Crippen LogP contribution is -2.42. The van der Waals surface area contributed by atoms with Gasteiger partial charge in [-0.15, -0.1) is 11.3 Å². The van der Waals surface area contributed by atoms with E-state index in [1.807, 2.05) is 11.3 Å². The predicted molar refractivity (Wildman–Crippen MR) is 174 cm³/mol. The average Bonchev–Trinajstić information content (AvgIpc) is 3.61. The number of hydrogen-bond acceptors (Lipinski definition) is 9. The second-order valence-corrected chi connectivity index (χ2v) is 15.9. The predicted octanol–water partition coefficient (Wildman–Crippen LogP) is 5.49. The van der Waals surface area contributed by atoms with Crippen LogP contribution in [0.2, 0.25) is 0 Å². The molecule has 5 heterocycles. The lowest BCUT2D eigenvalue weighted by molar-refractivity contribution is -0.138. The number of ether oxygens (including phenoxy) is 1. The van der Waals surface area contributed by atoms with E-state index in [-0.39, 0.29) is 24.3 Å². The second-order valence-electron chi connectivity index (χ2n) is 13.2. The molecule has 2 saturated heterocycles. The number of aryl methyl sites for hydroxylation is 1. The van der Waals surface area contributed by atoms with E-state index >= 15 is 0 Å². The summed E-state index contributed by atoms with van der Waals surface area (Å²) < 4.78 is 36.9. The smallest absolute Gasteiger partial charge is 0.264 e. The van der Waals surface area contributed by atoms with Crippen LogP contribution in [0.3, 0.4) is 0 Å². The van der Waals surface area contributed by atoms with Crippen LogP contribution in [-0.2, 0) is 36.8 Å². The molecule has 2 aliphatic heterocycles. The highest BCUT2D eigenvalue weighted by molar-refractivity contribution is 7.85. The number of amides is 1. The number of nitrogens with zero attached hydrogens (tertiary/aromatic N) is 4. The Bertz CT molecular complexity index is 1560. The first-order valence-electron chi connectivity index (χ1n) is 16.5. The van der Waals surface area contributed by atoms with Crippen molar-refractivity contribution < 1.29 is 22.1 Å². The first kappa shape index (κ1) is 31.7. The molecule has 12 heteroatoms. The van der Waals surface area contributed by atoms with E-state index in [0.29, 0.717) is 17.7 Å². The number of pyridine rings is 1. The molecule has 0 bridgehead atoms. The van der Waals surface area contributed by atoms with Crippen LogP contribution in [0.1, 0.15) is 87.8 Å². The van der Waals surface area contributed by atoms with Gasteiger partial charge in [-0.2, -0.15) is 8.42 Å². The summed E-state index contributed by atoms with van der Waals surface area (Å²) in [6.07, 6.45) is 11.5. The zero-order valence-electron chi connectivity index (χ0n) is 26.1. The van der Waals surface area contributed by atoms with Crippen LogP contribution in [0.15, 0.2) is 6.07 Å². The number of nitrogen functional groups attached to an aromatic ring is 1. The van der Waals surface area contributed by atoms with E-state index in [0.717, 1.165) is 132 Å². The van der Waals surface area contributed by atoms with Gasteiger partial charge in [-0.1, -0.05) is 13.3 Å². The maximum absolute atomic E-state index is 13.4. The number of unbranched alkanes of at least 4 members (excludes halogenated alkanes) is 1. The van der Waals surface area contributed by atoms with Gasteiger partial charge in [-0.3, -0.25) is 8.98 Å². The van der Waals surface area contributed by atoms with E-state index in [1.54, 1.807) is 0 Å². The van der Waals surface area contributed by atoms with Gasteiger partial charge >= 0.3 is 0 Å². The topological polar surface area (TPSA) is 130 Å². The van der Waals surface area contributed by atoms with Crippen molar-refractivity contribution in [2.24, 2.45) is 17.8 Å². The molecule has 0 spiro atoms. The zero-order valence-corrected chi connectivity index (χ0v) is 27.8. The monoisotopic (exact) mass is 645 g/mol. The van der Waals surface area contributed by atoms with E-state index < -0.39 is 10.1 Å². The summed E-state index contributed by atoms with van der Waals surface area (Å²) in [5, 5.41) is 0. The van der Waals surface area contributed by atoms with Crippen LogP contribution in [0.25, 0.3) is 21.3 Å². The second kappa shape index (κ2) is 13.6. The minimum absolute atomic E-state index is 0.0312. The van der Waals surface area contributed by atoms with Crippen LogP contribution in [-0.4, -0.2) is 72.9 Å². The van der Waals surface area contributed by atoms with Crippen molar-refractivity contribution in [3.8, 4) is 0 Å². The summed E-state index contributed by atoms with van der Waals surface area (Å²) in [4.78, 5) is 26.6. The maximum atomic E-state index is 13.4. The van der Waals surface area contributed by atoms with Crippen molar-refractivity contribution in [1.29, 1.82) is 0 Å². The van der Waals surface area contributed by atoms with Crippen LogP contribution >= 0.6 is 11.3 Å².